The van der Waals surface area contributed by atoms with Gasteiger partial charge >= 0.3 is 12.1 Å². The molecule has 168 valence electrons. The molecule has 3 rings (SSSR count). The van der Waals surface area contributed by atoms with Crippen LogP contribution in [0.5, 0.6) is 0 Å². The highest BCUT2D eigenvalue weighted by molar-refractivity contribution is 5.83. The molecular weight excluding hydrogens is 403 g/mol. The summed E-state index contributed by atoms with van der Waals surface area (Å²) in [5.74, 6) is -2.84. The van der Waals surface area contributed by atoms with Crippen molar-refractivity contribution in [1.82, 2.24) is 16.0 Å². The van der Waals surface area contributed by atoms with Gasteiger partial charge in [-0.1, -0.05) is 18.2 Å². The topological polar surface area (TPSA) is 111 Å². The van der Waals surface area contributed by atoms with Crippen LogP contribution in [0.2, 0.25) is 0 Å². The lowest BCUT2D eigenvalue weighted by molar-refractivity contribution is -0.192. The Hall–Kier alpha value is -2.17. The first kappa shape index (κ1) is 24.1. The van der Waals surface area contributed by atoms with Gasteiger partial charge in [0.15, 0.2) is 0 Å². The van der Waals surface area contributed by atoms with Crippen molar-refractivity contribution >= 4 is 11.9 Å². The first-order valence-corrected chi connectivity index (χ1v) is 9.70. The fourth-order valence-corrected chi connectivity index (χ4v) is 3.60. The van der Waals surface area contributed by atoms with Gasteiger partial charge in [-0.05, 0) is 56.5 Å². The molecule has 10 heteroatoms. The third-order valence-corrected chi connectivity index (χ3v) is 5.78. The molecule has 1 atom stereocenters. The van der Waals surface area contributed by atoms with Gasteiger partial charge < -0.3 is 26.2 Å². The Morgan fingerprint density at radius 2 is 1.87 bits per heavy atom. The summed E-state index contributed by atoms with van der Waals surface area (Å²) in [7, 11) is 0. The molecule has 0 saturated carbocycles. The SMILES string of the molecule is CC(C)(C(=O)NCc1cccc2c1CCNC2)C1(O)CCNC1.O=C(O)C(F)(F)F. The molecule has 0 aliphatic carbocycles. The van der Waals surface area contributed by atoms with Gasteiger partial charge in [-0.2, -0.15) is 13.2 Å². The maximum atomic E-state index is 12.7. The van der Waals surface area contributed by atoms with E-state index in [1.54, 1.807) is 0 Å². The van der Waals surface area contributed by atoms with E-state index in [0.29, 0.717) is 19.5 Å². The number of fused-ring (bicyclic) bond motifs is 1. The summed E-state index contributed by atoms with van der Waals surface area (Å²) in [4.78, 5) is 21.6. The number of carbonyl (C=O) groups excluding carboxylic acids is 1. The minimum Gasteiger partial charge on any atom is -0.475 e. The van der Waals surface area contributed by atoms with Gasteiger partial charge in [-0.3, -0.25) is 4.79 Å². The van der Waals surface area contributed by atoms with Crippen LogP contribution in [-0.2, 0) is 29.1 Å². The molecule has 7 nitrogen and oxygen atoms in total. The predicted octanol–water partition coefficient (Wildman–Crippen LogP) is 1.33. The molecule has 1 aromatic rings. The van der Waals surface area contributed by atoms with Crippen molar-refractivity contribution in [1.29, 1.82) is 0 Å². The third kappa shape index (κ3) is 5.50. The average molecular weight is 431 g/mol. The second kappa shape index (κ2) is 9.32. The zero-order valence-electron chi connectivity index (χ0n) is 17.0. The molecule has 1 unspecified atom stereocenters. The molecule has 2 aliphatic heterocycles. The number of rotatable bonds is 4. The van der Waals surface area contributed by atoms with Crippen LogP contribution in [0.15, 0.2) is 18.2 Å². The van der Waals surface area contributed by atoms with E-state index in [1.165, 1.54) is 16.7 Å². The highest BCUT2D eigenvalue weighted by Crippen LogP contribution is 2.36. The van der Waals surface area contributed by atoms with E-state index in [4.69, 9.17) is 9.90 Å². The number of amides is 1. The van der Waals surface area contributed by atoms with Gasteiger partial charge in [-0.25, -0.2) is 4.79 Å². The van der Waals surface area contributed by atoms with Crippen LogP contribution in [0.1, 0.15) is 37.0 Å². The van der Waals surface area contributed by atoms with Gasteiger partial charge in [-0.15, -0.1) is 0 Å². The van der Waals surface area contributed by atoms with Crippen LogP contribution in [0.25, 0.3) is 0 Å². The molecule has 1 saturated heterocycles. The van der Waals surface area contributed by atoms with Crippen LogP contribution in [0.3, 0.4) is 0 Å². The normalized spacial score (nSPS) is 21.3. The molecule has 0 radical (unpaired) electrons. The fourth-order valence-electron chi connectivity index (χ4n) is 3.60. The summed E-state index contributed by atoms with van der Waals surface area (Å²) in [5, 5.41) is 27.4. The smallest absolute Gasteiger partial charge is 0.475 e. The molecular formula is C20H28F3N3O4. The lowest BCUT2D eigenvalue weighted by atomic mass is 9.73. The number of nitrogens with one attached hydrogen (secondary N) is 3. The number of hydrogen-bond acceptors (Lipinski definition) is 5. The van der Waals surface area contributed by atoms with Crippen molar-refractivity contribution in [2.75, 3.05) is 19.6 Å². The van der Waals surface area contributed by atoms with E-state index < -0.39 is 23.2 Å². The molecule has 2 aliphatic rings. The van der Waals surface area contributed by atoms with Crippen molar-refractivity contribution in [3.8, 4) is 0 Å². The number of alkyl halides is 3. The maximum Gasteiger partial charge on any atom is 0.490 e. The second-order valence-electron chi connectivity index (χ2n) is 8.05. The highest BCUT2D eigenvalue weighted by atomic mass is 19.4. The van der Waals surface area contributed by atoms with E-state index in [2.05, 4.69) is 28.1 Å². The number of carbonyl (C=O) groups is 2. The van der Waals surface area contributed by atoms with Gasteiger partial charge in [0.2, 0.25) is 5.91 Å². The zero-order chi connectivity index (χ0) is 22.6. The van der Waals surface area contributed by atoms with Crippen molar-refractivity contribution in [3.63, 3.8) is 0 Å². The summed E-state index contributed by atoms with van der Waals surface area (Å²) in [5.41, 5.74) is 2.07. The summed E-state index contributed by atoms with van der Waals surface area (Å²) in [6.07, 6.45) is -3.47. The van der Waals surface area contributed by atoms with Crippen LogP contribution in [-0.4, -0.2) is 53.5 Å². The number of benzene rings is 1. The molecule has 2 heterocycles. The lowest BCUT2D eigenvalue weighted by Gasteiger charge is -2.38. The van der Waals surface area contributed by atoms with Crippen LogP contribution < -0.4 is 16.0 Å². The molecule has 1 amide bonds. The van der Waals surface area contributed by atoms with Gasteiger partial charge in [0.25, 0.3) is 0 Å². The third-order valence-electron chi connectivity index (χ3n) is 5.78. The minimum absolute atomic E-state index is 0.0877. The summed E-state index contributed by atoms with van der Waals surface area (Å²) in [6, 6.07) is 6.28. The Morgan fingerprint density at radius 1 is 1.20 bits per heavy atom. The molecule has 1 aromatic carbocycles. The van der Waals surface area contributed by atoms with Crippen LogP contribution >= 0.6 is 0 Å². The van der Waals surface area contributed by atoms with Gasteiger partial charge in [0.1, 0.15) is 0 Å². The van der Waals surface area contributed by atoms with E-state index >= 15 is 0 Å². The van der Waals surface area contributed by atoms with Crippen LogP contribution in [0.4, 0.5) is 13.2 Å². The lowest BCUT2D eigenvalue weighted by Crippen LogP contribution is -2.54. The number of carboxylic acids is 1. The monoisotopic (exact) mass is 431 g/mol. The molecule has 0 aromatic heterocycles. The van der Waals surface area contributed by atoms with Crippen LogP contribution in [0, 0.1) is 5.41 Å². The van der Waals surface area contributed by atoms with Crippen molar-refractivity contribution in [2.45, 2.75) is 51.6 Å². The highest BCUT2D eigenvalue weighted by Gasteiger charge is 2.50. The number of carboxylic acid groups (broad SMARTS) is 1. The Morgan fingerprint density at radius 3 is 2.43 bits per heavy atom. The minimum atomic E-state index is -5.08. The summed E-state index contributed by atoms with van der Waals surface area (Å²) < 4.78 is 31.7. The number of aliphatic hydroxyl groups is 1. The Labute approximate surface area is 173 Å². The average Bonchev–Trinajstić information content (AvgIpc) is 3.14. The molecule has 1 fully saturated rings. The van der Waals surface area contributed by atoms with E-state index in [0.717, 1.165) is 26.1 Å². The Bertz CT molecular complexity index is 775. The first-order valence-electron chi connectivity index (χ1n) is 9.70. The fraction of sp³-hybridized carbons (Fsp3) is 0.600. The van der Waals surface area contributed by atoms with Crippen molar-refractivity contribution < 1.29 is 33.0 Å². The quantitative estimate of drug-likeness (QED) is 0.492. The molecule has 0 bridgehead atoms. The van der Waals surface area contributed by atoms with E-state index in [1.807, 2.05) is 19.9 Å². The van der Waals surface area contributed by atoms with Crippen molar-refractivity contribution in [3.05, 3.63) is 34.9 Å². The zero-order valence-corrected chi connectivity index (χ0v) is 17.0. The number of hydrogen-bond donors (Lipinski definition) is 5. The number of β-amino-alcohol motifs (C(OH)–C–C–N with tert-alkyl or cyclic N) is 1. The van der Waals surface area contributed by atoms with Gasteiger partial charge in [0.05, 0.1) is 11.0 Å². The molecule has 5 N–H and O–H groups in total. The predicted molar refractivity (Wildman–Crippen MR) is 104 cm³/mol. The van der Waals surface area contributed by atoms with Crippen molar-refractivity contribution in [2.24, 2.45) is 5.41 Å². The van der Waals surface area contributed by atoms with E-state index in [-0.39, 0.29) is 5.91 Å². The van der Waals surface area contributed by atoms with Gasteiger partial charge in [0, 0.05) is 19.6 Å². The largest absolute Gasteiger partial charge is 0.490 e. The first-order chi connectivity index (χ1) is 13.9. The summed E-state index contributed by atoms with van der Waals surface area (Å²) in [6.45, 7) is 7.30. The Balaban J connectivity index is 0.000000396. The number of halogens is 3. The number of aliphatic carboxylic acids is 1. The standard InChI is InChI=1S/C18H27N3O2.C2HF3O2/c1-17(2,18(23)7-9-20-12-18)16(22)21-11-14-5-3-4-13-10-19-8-6-15(13)14;3-2(4,5)1(6)7/h3-5,19-20,23H,6-12H2,1-2H3,(H,21,22);(H,6,7). The molecule has 30 heavy (non-hydrogen) atoms. The van der Waals surface area contributed by atoms with E-state index in [9.17, 15) is 23.1 Å². The summed E-state index contributed by atoms with van der Waals surface area (Å²) >= 11 is 0. The molecule has 0 spiro atoms. The second-order valence-corrected chi connectivity index (χ2v) is 8.05. The Kier molecular flexibility index (Phi) is 7.49. The maximum absolute atomic E-state index is 12.7.